The van der Waals surface area contributed by atoms with Crippen molar-refractivity contribution in [2.45, 2.75) is 58.7 Å². The number of benzene rings is 2. The lowest BCUT2D eigenvalue weighted by Gasteiger charge is -2.24. The van der Waals surface area contributed by atoms with Crippen molar-refractivity contribution in [2.75, 3.05) is 25.1 Å². The van der Waals surface area contributed by atoms with Crippen molar-refractivity contribution in [1.82, 2.24) is 24.4 Å². The van der Waals surface area contributed by atoms with E-state index in [2.05, 4.69) is 27.2 Å². The van der Waals surface area contributed by atoms with E-state index >= 15 is 0 Å². The zero-order valence-electron chi connectivity index (χ0n) is 23.2. The average Bonchev–Trinajstić information content (AvgIpc) is 3.64. The first kappa shape index (κ1) is 26.3. The first-order valence-corrected chi connectivity index (χ1v) is 14.1. The highest BCUT2D eigenvalue weighted by atomic mass is 19.1. The van der Waals surface area contributed by atoms with Gasteiger partial charge in [-0.25, -0.2) is 14.1 Å². The molecule has 2 aliphatic heterocycles. The number of carbonyl (C=O) groups is 1. The summed E-state index contributed by atoms with van der Waals surface area (Å²) in [6.07, 6.45) is 6.22. The van der Waals surface area contributed by atoms with Crippen molar-refractivity contribution in [3.63, 3.8) is 0 Å². The average molecular weight is 543 g/mol. The third-order valence-corrected chi connectivity index (χ3v) is 8.42. The molecule has 6 rings (SSSR count). The van der Waals surface area contributed by atoms with E-state index in [1.165, 1.54) is 29.7 Å². The molecule has 0 spiro atoms. The zero-order chi connectivity index (χ0) is 28.0. The van der Waals surface area contributed by atoms with Crippen molar-refractivity contribution >= 4 is 16.9 Å². The Morgan fingerprint density at radius 2 is 2.02 bits per heavy atom. The maximum atomic E-state index is 13.8. The Hall–Kier alpha value is -3.98. The maximum absolute atomic E-state index is 13.8. The number of halogens is 1. The molecule has 4 aromatic rings. The highest BCUT2D eigenvalue weighted by molar-refractivity contribution is 6.11. The fourth-order valence-electron chi connectivity index (χ4n) is 6.22. The molecular weight excluding hydrogens is 507 g/mol. The van der Waals surface area contributed by atoms with Crippen LogP contribution in [0.2, 0.25) is 0 Å². The highest BCUT2D eigenvalue weighted by Gasteiger charge is 2.34. The van der Waals surface area contributed by atoms with Crippen LogP contribution in [0.3, 0.4) is 0 Å². The van der Waals surface area contributed by atoms with E-state index in [4.69, 9.17) is 0 Å². The van der Waals surface area contributed by atoms with E-state index in [1.807, 2.05) is 24.8 Å². The number of imidazole rings is 1. The first-order valence-electron chi connectivity index (χ1n) is 14.1. The van der Waals surface area contributed by atoms with E-state index in [0.717, 1.165) is 35.3 Å². The minimum absolute atomic E-state index is 0.0561. The second kappa shape index (κ2) is 10.5. The molecule has 2 aromatic heterocycles. The minimum atomic E-state index is -0.276. The maximum Gasteiger partial charge on any atom is 0.276 e. The molecule has 8 nitrogen and oxygen atoms in total. The molecule has 40 heavy (non-hydrogen) atoms. The molecule has 0 aliphatic carbocycles. The molecule has 9 heteroatoms. The van der Waals surface area contributed by atoms with Gasteiger partial charge in [0.2, 0.25) is 0 Å². The minimum Gasteiger partial charge on any atom is -0.345 e. The molecule has 2 atom stereocenters. The van der Waals surface area contributed by atoms with Gasteiger partial charge in [0.15, 0.2) is 0 Å². The summed E-state index contributed by atoms with van der Waals surface area (Å²) < 4.78 is 15.3. The Bertz CT molecular complexity index is 1640. The molecule has 2 aliphatic rings. The molecule has 1 saturated heterocycles. The van der Waals surface area contributed by atoms with E-state index in [1.54, 1.807) is 30.7 Å². The summed E-state index contributed by atoms with van der Waals surface area (Å²) in [7, 11) is 0. The number of aromatic nitrogens is 3. The Labute approximate surface area is 232 Å². The standard InChI is InChI=1S/C31H35FN6O2/c1-19-8-9-24(32)15-22(19)14-20(2)35-38-11-5-7-25(30(38)39)28-27-23(16-26-29(28)34-18-33-26)17-37(31(27)40)13-12-36-10-4-6-21(36)3/h5,7-9,11,15-16,18,20-21,35H,4,6,10,12-14,17H2,1-3H3,(H,33,34)/t20-,21+/m0/s1. The topological polar surface area (TPSA) is 86.3 Å². The van der Waals surface area contributed by atoms with Crippen molar-refractivity contribution < 1.29 is 9.18 Å². The summed E-state index contributed by atoms with van der Waals surface area (Å²) in [5.74, 6) is -0.332. The van der Waals surface area contributed by atoms with Gasteiger partial charge in [-0.1, -0.05) is 6.07 Å². The lowest BCUT2D eigenvalue weighted by molar-refractivity contribution is 0.0757. The second-order valence-corrected chi connectivity index (χ2v) is 11.2. The number of rotatable bonds is 8. The molecule has 208 valence electrons. The quantitative estimate of drug-likeness (QED) is 0.344. The Kier molecular flexibility index (Phi) is 6.92. The molecule has 0 unspecified atom stereocenters. The van der Waals surface area contributed by atoms with E-state index in [-0.39, 0.29) is 23.3 Å². The number of hydrogen-bond donors (Lipinski definition) is 2. The third kappa shape index (κ3) is 4.79. The van der Waals surface area contributed by atoms with E-state index < -0.39 is 0 Å². The SMILES string of the molecule is Cc1ccc(F)cc1C[C@H](C)Nn1cccc(-c2c3c(cc4[nH]cnc24)CN(CCN2CCC[C@H]2C)C3=O)c1=O. The van der Waals surface area contributed by atoms with Crippen molar-refractivity contribution in [2.24, 2.45) is 0 Å². The largest absolute Gasteiger partial charge is 0.345 e. The highest BCUT2D eigenvalue weighted by Crippen LogP contribution is 2.36. The third-order valence-electron chi connectivity index (χ3n) is 8.42. The van der Waals surface area contributed by atoms with Gasteiger partial charge in [0.1, 0.15) is 5.82 Å². The van der Waals surface area contributed by atoms with Gasteiger partial charge in [-0.3, -0.25) is 14.5 Å². The summed E-state index contributed by atoms with van der Waals surface area (Å²) in [6.45, 7) is 9.23. The molecule has 0 radical (unpaired) electrons. The number of aromatic amines is 1. The van der Waals surface area contributed by atoms with Crippen LogP contribution >= 0.6 is 0 Å². The number of nitrogens with one attached hydrogen (secondary N) is 2. The predicted molar refractivity (Wildman–Crippen MR) is 154 cm³/mol. The Morgan fingerprint density at radius 3 is 2.83 bits per heavy atom. The Balaban J connectivity index is 1.31. The summed E-state index contributed by atoms with van der Waals surface area (Å²) >= 11 is 0. The normalized spacial score (nSPS) is 18.1. The van der Waals surface area contributed by atoms with Crippen LogP contribution in [0.5, 0.6) is 0 Å². The van der Waals surface area contributed by atoms with Gasteiger partial charge in [0.25, 0.3) is 11.5 Å². The van der Waals surface area contributed by atoms with Crippen LogP contribution in [-0.2, 0) is 13.0 Å². The van der Waals surface area contributed by atoms with Crippen LogP contribution in [-0.4, -0.2) is 62.1 Å². The lowest BCUT2D eigenvalue weighted by atomic mass is 9.96. The van der Waals surface area contributed by atoms with Crippen molar-refractivity contribution in [1.29, 1.82) is 0 Å². The predicted octanol–water partition coefficient (Wildman–Crippen LogP) is 4.45. The van der Waals surface area contributed by atoms with Gasteiger partial charge in [-0.05, 0) is 93.6 Å². The molecule has 2 N–H and O–H groups in total. The van der Waals surface area contributed by atoms with Crippen LogP contribution in [0.1, 0.15) is 53.7 Å². The number of carbonyl (C=O) groups excluding carboxylic acids is 1. The number of likely N-dealkylation sites (tertiary alicyclic amines) is 1. The van der Waals surface area contributed by atoms with Crippen molar-refractivity contribution in [3.8, 4) is 11.1 Å². The molecule has 4 heterocycles. The van der Waals surface area contributed by atoms with Gasteiger partial charge in [-0.15, -0.1) is 0 Å². The molecule has 0 saturated carbocycles. The number of H-pyrrole nitrogens is 1. The van der Waals surface area contributed by atoms with Gasteiger partial charge >= 0.3 is 0 Å². The first-order chi connectivity index (χ1) is 19.3. The van der Waals surface area contributed by atoms with Crippen LogP contribution in [0.15, 0.2) is 53.7 Å². The number of aryl methyl sites for hydroxylation is 1. The van der Waals surface area contributed by atoms with Crippen LogP contribution in [0.25, 0.3) is 22.2 Å². The summed E-state index contributed by atoms with van der Waals surface area (Å²) in [5, 5.41) is 0. The molecule has 1 amide bonds. The fourth-order valence-corrected chi connectivity index (χ4v) is 6.22. The fraction of sp³-hybridized carbons (Fsp3) is 0.387. The monoisotopic (exact) mass is 542 g/mol. The molecule has 1 fully saturated rings. The second-order valence-electron chi connectivity index (χ2n) is 11.2. The van der Waals surface area contributed by atoms with Crippen LogP contribution in [0, 0.1) is 12.7 Å². The van der Waals surface area contributed by atoms with E-state index in [0.29, 0.717) is 47.8 Å². The summed E-state index contributed by atoms with van der Waals surface area (Å²) in [4.78, 5) is 39.7. The summed E-state index contributed by atoms with van der Waals surface area (Å²) in [6, 6.07) is 10.7. The number of pyridine rings is 1. The van der Waals surface area contributed by atoms with E-state index in [9.17, 15) is 14.0 Å². The number of nitrogens with zero attached hydrogens (tertiary/aromatic N) is 4. The van der Waals surface area contributed by atoms with Gasteiger partial charge in [0, 0.05) is 43.5 Å². The lowest BCUT2D eigenvalue weighted by Crippen LogP contribution is -2.37. The number of fused-ring (bicyclic) bond motifs is 2. The molecule has 0 bridgehead atoms. The Morgan fingerprint density at radius 1 is 1.18 bits per heavy atom. The zero-order valence-corrected chi connectivity index (χ0v) is 23.2. The van der Waals surface area contributed by atoms with Gasteiger partial charge in [-0.2, -0.15) is 0 Å². The number of hydrogen-bond acceptors (Lipinski definition) is 5. The van der Waals surface area contributed by atoms with Gasteiger partial charge in [0.05, 0.1) is 28.5 Å². The molecule has 2 aromatic carbocycles. The summed E-state index contributed by atoms with van der Waals surface area (Å²) in [5.41, 5.74) is 8.75. The molecular formula is C31H35FN6O2. The van der Waals surface area contributed by atoms with Crippen LogP contribution < -0.4 is 11.0 Å². The van der Waals surface area contributed by atoms with Gasteiger partial charge < -0.3 is 15.3 Å². The van der Waals surface area contributed by atoms with Crippen LogP contribution in [0.4, 0.5) is 4.39 Å². The van der Waals surface area contributed by atoms with Crippen molar-refractivity contribution in [3.05, 3.63) is 87.3 Å². The number of amides is 1. The smallest absolute Gasteiger partial charge is 0.276 e.